The van der Waals surface area contributed by atoms with E-state index in [2.05, 4.69) is 12.1 Å². The van der Waals surface area contributed by atoms with Crippen molar-refractivity contribution in [3.8, 4) is 0 Å². The highest BCUT2D eigenvalue weighted by molar-refractivity contribution is 7.17. The van der Waals surface area contributed by atoms with Crippen LogP contribution in [-0.2, 0) is 4.74 Å². The van der Waals surface area contributed by atoms with Gasteiger partial charge < -0.3 is 9.84 Å². The van der Waals surface area contributed by atoms with Gasteiger partial charge in [-0.05, 0) is 23.8 Å². The molecule has 0 saturated carbocycles. The third-order valence-corrected chi connectivity index (χ3v) is 3.62. The van der Waals surface area contributed by atoms with Crippen LogP contribution >= 0.6 is 11.3 Å². The second kappa shape index (κ2) is 4.31. The summed E-state index contributed by atoms with van der Waals surface area (Å²) < 4.78 is 6.29. The van der Waals surface area contributed by atoms with Crippen LogP contribution in [0.1, 0.15) is 18.6 Å². The highest BCUT2D eigenvalue weighted by Gasteiger charge is 2.18. The Labute approximate surface area is 93.1 Å². The second-order valence-corrected chi connectivity index (χ2v) is 4.49. The molecule has 0 bridgehead atoms. The van der Waals surface area contributed by atoms with E-state index in [0.29, 0.717) is 0 Å². The van der Waals surface area contributed by atoms with Gasteiger partial charge in [0.2, 0.25) is 0 Å². The number of methoxy groups -OCH3 is 1. The number of thiophene rings is 1. The first kappa shape index (κ1) is 10.6. The SMILES string of the molecule is COC(C)C(O)c1cccc2ccsc12. The Kier molecular flexibility index (Phi) is 3.05. The Morgan fingerprint density at radius 3 is 2.87 bits per heavy atom. The van der Waals surface area contributed by atoms with Crippen molar-refractivity contribution >= 4 is 21.4 Å². The molecule has 1 N–H and O–H groups in total. The highest BCUT2D eigenvalue weighted by Crippen LogP contribution is 2.30. The Morgan fingerprint density at radius 2 is 2.13 bits per heavy atom. The summed E-state index contributed by atoms with van der Waals surface area (Å²) in [5, 5.41) is 13.3. The van der Waals surface area contributed by atoms with Crippen LogP contribution in [0.2, 0.25) is 0 Å². The monoisotopic (exact) mass is 222 g/mol. The van der Waals surface area contributed by atoms with Gasteiger partial charge in [0.1, 0.15) is 6.10 Å². The first-order chi connectivity index (χ1) is 7.24. The smallest absolute Gasteiger partial charge is 0.106 e. The van der Waals surface area contributed by atoms with Crippen LogP contribution < -0.4 is 0 Å². The summed E-state index contributed by atoms with van der Waals surface area (Å²) in [5.74, 6) is 0. The minimum Gasteiger partial charge on any atom is -0.386 e. The fourth-order valence-electron chi connectivity index (χ4n) is 1.63. The first-order valence-electron chi connectivity index (χ1n) is 4.91. The number of ether oxygens (including phenoxy) is 1. The molecule has 15 heavy (non-hydrogen) atoms. The lowest BCUT2D eigenvalue weighted by atomic mass is 10.0. The molecular formula is C12H14O2S. The predicted octanol–water partition coefficient (Wildman–Crippen LogP) is 2.97. The molecule has 0 radical (unpaired) electrons. The number of aliphatic hydroxyl groups is 1. The van der Waals surface area contributed by atoms with Crippen LogP contribution in [0.4, 0.5) is 0 Å². The number of rotatable bonds is 3. The van der Waals surface area contributed by atoms with Crippen LogP contribution in [-0.4, -0.2) is 18.3 Å². The van der Waals surface area contributed by atoms with Gasteiger partial charge >= 0.3 is 0 Å². The molecule has 2 nitrogen and oxygen atoms in total. The van der Waals surface area contributed by atoms with Crippen LogP contribution in [0.3, 0.4) is 0 Å². The van der Waals surface area contributed by atoms with E-state index in [4.69, 9.17) is 4.74 Å². The van der Waals surface area contributed by atoms with Gasteiger partial charge in [-0.25, -0.2) is 0 Å². The molecule has 0 fully saturated rings. The van der Waals surface area contributed by atoms with Crippen LogP contribution in [0, 0.1) is 0 Å². The van der Waals surface area contributed by atoms with Crippen molar-refractivity contribution < 1.29 is 9.84 Å². The molecule has 1 heterocycles. The molecule has 1 aromatic carbocycles. The lowest BCUT2D eigenvalue weighted by Crippen LogP contribution is -2.16. The third-order valence-electron chi connectivity index (χ3n) is 2.64. The number of aliphatic hydroxyl groups excluding tert-OH is 1. The largest absolute Gasteiger partial charge is 0.386 e. The van der Waals surface area contributed by atoms with Crippen LogP contribution in [0.25, 0.3) is 10.1 Å². The summed E-state index contributed by atoms with van der Waals surface area (Å²) in [6.45, 7) is 1.87. The first-order valence-corrected chi connectivity index (χ1v) is 5.79. The van der Waals surface area contributed by atoms with E-state index in [-0.39, 0.29) is 6.10 Å². The van der Waals surface area contributed by atoms with E-state index in [1.165, 1.54) is 5.39 Å². The van der Waals surface area contributed by atoms with Gasteiger partial charge in [0.15, 0.2) is 0 Å². The molecule has 0 spiro atoms. The van der Waals surface area contributed by atoms with Crippen molar-refractivity contribution in [3.63, 3.8) is 0 Å². The molecule has 0 aliphatic heterocycles. The summed E-state index contributed by atoms with van der Waals surface area (Å²) >= 11 is 1.65. The molecule has 2 aromatic rings. The van der Waals surface area contributed by atoms with E-state index in [9.17, 15) is 5.11 Å². The number of hydrogen-bond acceptors (Lipinski definition) is 3. The standard InChI is InChI=1S/C12H14O2S/c1-8(14-2)11(13)10-5-3-4-9-6-7-15-12(9)10/h3-8,11,13H,1-2H3. The van der Waals surface area contributed by atoms with Crippen molar-refractivity contribution in [2.75, 3.05) is 7.11 Å². The molecule has 2 atom stereocenters. The zero-order valence-electron chi connectivity index (χ0n) is 8.81. The summed E-state index contributed by atoms with van der Waals surface area (Å²) in [7, 11) is 1.61. The molecule has 1 aromatic heterocycles. The summed E-state index contributed by atoms with van der Waals surface area (Å²) in [4.78, 5) is 0. The number of benzene rings is 1. The minimum absolute atomic E-state index is 0.183. The predicted molar refractivity (Wildman–Crippen MR) is 63.3 cm³/mol. The lowest BCUT2D eigenvalue weighted by Gasteiger charge is -2.18. The Morgan fingerprint density at radius 1 is 1.33 bits per heavy atom. The van der Waals surface area contributed by atoms with Gasteiger partial charge in [-0.3, -0.25) is 0 Å². The number of hydrogen-bond donors (Lipinski definition) is 1. The van der Waals surface area contributed by atoms with Crippen LogP contribution in [0.15, 0.2) is 29.6 Å². The fraction of sp³-hybridized carbons (Fsp3) is 0.333. The van der Waals surface area contributed by atoms with Crippen molar-refractivity contribution in [1.29, 1.82) is 0 Å². The maximum absolute atomic E-state index is 10.1. The van der Waals surface area contributed by atoms with E-state index < -0.39 is 6.10 Å². The quantitative estimate of drug-likeness (QED) is 0.865. The zero-order valence-corrected chi connectivity index (χ0v) is 9.62. The fourth-order valence-corrected chi connectivity index (χ4v) is 2.58. The Balaban J connectivity index is 2.46. The van der Waals surface area contributed by atoms with E-state index in [1.807, 2.05) is 24.4 Å². The van der Waals surface area contributed by atoms with E-state index >= 15 is 0 Å². The minimum atomic E-state index is -0.558. The Hall–Kier alpha value is -0.900. The van der Waals surface area contributed by atoms with Crippen molar-refractivity contribution in [2.24, 2.45) is 0 Å². The molecule has 0 saturated heterocycles. The van der Waals surface area contributed by atoms with Gasteiger partial charge in [-0.1, -0.05) is 18.2 Å². The van der Waals surface area contributed by atoms with Crippen LogP contribution in [0.5, 0.6) is 0 Å². The summed E-state index contributed by atoms with van der Waals surface area (Å²) in [6.07, 6.45) is -0.741. The molecule has 0 amide bonds. The molecule has 2 rings (SSSR count). The zero-order chi connectivity index (χ0) is 10.8. The second-order valence-electron chi connectivity index (χ2n) is 3.57. The maximum Gasteiger partial charge on any atom is 0.106 e. The van der Waals surface area contributed by atoms with E-state index in [1.54, 1.807) is 18.4 Å². The van der Waals surface area contributed by atoms with Gasteiger partial charge in [-0.2, -0.15) is 0 Å². The summed E-state index contributed by atoms with van der Waals surface area (Å²) in [6, 6.07) is 8.04. The van der Waals surface area contributed by atoms with Gasteiger partial charge in [0.25, 0.3) is 0 Å². The molecule has 3 heteroatoms. The average Bonchev–Trinajstić information content (AvgIpc) is 2.74. The molecule has 0 aliphatic rings. The third kappa shape index (κ3) is 1.91. The van der Waals surface area contributed by atoms with Gasteiger partial charge in [0, 0.05) is 17.4 Å². The van der Waals surface area contributed by atoms with Gasteiger partial charge in [-0.15, -0.1) is 11.3 Å². The highest BCUT2D eigenvalue weighted by atomic mass is 32.1. The van der Waals surface area contributed by atoms with Crippen molar-refractivity contribution in [2.45, 2.75) is 19.1 Å². The number of fused-ring (bicyclic) bond motifs is 1. The molecule has 2 unspecified atom stereocenters. The van der Waals surface area contributed by atoms with Gasteiger partial charge in [0.05, 0.1) is 6.10 Å². The van der Waals surface area contributed by atoms with Crippen molar-refractivity contribution in [3.05, 3.63) is 35.2 Å². The topological polar surface area (TPSA) is 29.5 Å². The normalized spacial score (nSPS) is 15.4. The average molecular weight is 222 g/mol. The van der Waals surface area contributed by atoms with Crippen molar-refractivity contribution in [1.82, 2.24) is 0 Å². The lowest BCUT2D eigenvalue weighted by molar-refractivity contribution is -0.000601. The van der Waals surface area contributed by atoms with E-state index in [0.717, 1.165) is 10.3 Å². The molecule has 0 aliphatic carbocycles. The molecule has 80 valence electrons. The maximum atomic E-state index is 10.1. The molecular weight excluding hydrogens is 208 g/mol. The Bertz CT molecular complexity index is 450. The summed E-state index contributed by atoms with van der Waals surface area (Å²) in [5.41, 5.74) is 0.955.